The molecule has 0 saturated heterocycles. The van der Waals surface area contributed by atoms with Gasteiger partial charge in [-0.2, -0.15) is 0 Å². The van der Waals surface area contributed by atoms with E-state index < -0.39 is 27.9 Å². The Labute approximate surface area is 120 Å². The summed E-state index contributed by atoms with van der Waals surface area (Å²) < 4.78 is 18.8. The van der Waals surface area contributed by atoms with Gasteiger partial charge in [0.2, 0.25) is 0 Å². The van der Waals surface area contributed by atoms with Gasteiger partial charge in [0.25, 0.3) is 0 Å². The summed E-state index contributed by atoms with van der Waals surface area (Å²) in [5.74, 6) is -2.19. The number of carboxylic acid groups (broad SMARTS) is 1. The Morgan fingerprint density at radius 1 is 1.57 bits per heavy atom. The van der Waals surface area contributed by atoms with Crippen LogP contribution in [0, 0.1) is 15.9 Å². The molecule has 0 aliphatic heterocycles. The highest BCUT2D eigenvalue weighted by Gasteiger charge is 2.33. The zero-order valence-electron chi connectivity index (χ0n) is 12.0. The van der Waals surface area contributed by atoms with Crippen molar-refractivity contribution >= 4 is 17.3 Å². The predicted molar refractivity (Wildman–Crippen MR) is 74.2 cm³/mol. The first kappa shape index (κ1) is 16.7. The third-order valence-corrected chi connectivity index (χ3v) is 3.10. The van der Waals surface area contributed by atoms with Crippen molar-refractivity contribution in [2.24, 2.45) is 0 Å². The van der Waals surface area contributed by atoms with E-state index in [0.717, 1.165) is 6.07 Å². The summed E-state index contributed by atoms with van der Waals surface area (Å²) in [5.41, 5.74) is -2.06. The number of hydrogen-bond acceptors (Lipinski definition) is 5. The van der Waals surface area contributed by atoms with Crippen LogP contribution in [-0.2, 0) is 4.79 Å². The molecule has 0 heterocycles. The number of methoxy groups -OCH3 is 1. The monoisotopic (exact) mass is 300 g/mol. The van der Waals surface area contributed by atoms with E-state index >= 15 is 0 Å². The maximum Gasteiger partial charge on any atom is 0.329 e. The molecule has 0 bridgehead atoms. The number of benzene rings is 1. The molecule has 7 nitrogen and oxygen atoms in total. The molecule has 0 saturated carbocycles. The highest BCUT2D eigenvalue weighted by molar-refractivity contribution is 5.82. The van der Waals surface area contributed by atoms with Crippen LogP contribution in [0.2, 0.25) is 0 Å². The molecule has 0 radical (unpaired) electrons. The number of halogens is 1. The van der Waals surface area contributed by atoms with E-state index in [1.54, 1.807) is 6.92 Å². The maximum atomic E-state index is 13.9. The van der Waals surface area contributed by atoms with Crippen LogP contribution in [-0.4, -0.2) is 28.6 Å². The number of nitrogens with zero attached hydrogens (tertiary/aromatic N) is 1. The molecule has 2 N–H and O–H groups in total. The van der Waals surface area contributed by atoms with Crippen molar-refractivity contribution in [1.29, 1.82) is 0 Å². The summed E-state index contributed by atoms with van der Waals surface area (Å²) in [6, 6.07) is 1.79. The Morgan fingerprint density at radius 3 is 2.62 bits per heavy atom. The van der Waals surface area contributed by atoms with Gasteiger partial charge in [0.15, 0.2) is 11.6 Å². The predicted octanol–water partition coefficient (Wildman–Crippen LogP) is 2.80. The number of ether oxygens (including phenoxy) is 1. The van der Waals surface area contributed by atoms with Gasteiger partial charge in [0.1, 0.15) is 5.54 Å². The largest absolute Gasteiger partial charge is 0.490 e. The lowest BCUT2D eigenvalue weighted by Crippen LogP contribution is -2.43. The summed E-state index contributed by atoms with van der Waals surface area (Å²) in [4.78, 5) is 21.3. The zero-order valence-corrected chi connectivity index (χ0v) is 12.0. The van der Waals surface area contributed by atoms with E-state index in [9.17, 15) is 24.4 Å². The second kappa shape index (κ2) is 6.38. The van der Waals surface area contributed by atoms with E-state index in [0.29, 0.717) is 12.5 Å². The van der Waals surface area contributed by atoms with Crippen molar-refractivity contribution in [2.75, 3.05) is 12.4 Å². The van der Waals surface area contributed by atoms with Gasteiger partial charge in [-0.1, -0.05) is 13.3 Å². The Morgan fingerprint density at radius 2 is 2.19 bits per heavy atom. The van der Waals surface area contributed by atoms with Gasteiger partial charge in [-0.25, -0.2) is 9.18 Å². The number of rotatable bonds is 7. The fourth-order valence-electron chi connectivity index (χ4n) is 1.96. The molecule has 0 aliphatic rings. The van der Waals surface area contributed by atoms with Crippen molar-refractivity contribution in [3.8, 4) is 5.75 Å². The fraction of sp³-hybridized carbons (Fsp3) is 0.462. The average Bonchev–Trinajstić information content (AvgIpc) is 2.40. The summed E-state index contributed by atoms with van der Waals surface area (Å²) >= 11 is 0. The standard InChI is InChI=1S/C13H17FN2O5/c1-4-5-13(2,12(17)18)15-9-7-11(21-3)10(16(19)20)6-8(9)14/h6-7,15H,4-5H2,1-3H3,(H,17,18). The van der Waals surface area contributed by atoms with Crippen LogP contribution in [0.1, 0.15) is 26.7 Å². The molecule has 0 amide bonds. The van der Waals surface area contributed by atoms with E-state index in [2.05, 4.69) is 5.32 Å². The number of nitro groups is 1. The smallest absolute Gasteiger partial charge is 0.329 e. The molecule has 1 aromatic rings. The molecule has 1 aromatic carbocycles. The first-order chi connectivity index (χ1) is 9.75. The third-order valence-electron chi connectivity index (χ3n) is 3.10. The van der Waals surface area contributed by atoms with Gasteiger partial charge in [-0.15, -0.1) is 0 Å². The topological polar surface area (TPSA) is 102 Å². The van der Waals surface area contributed by atoms with Gasteiger partial charge in [0, 0.05) is 6.07 Å². The van der Waals surface area contributed by atoms with Crippen molar-refractivity contribution in [3.63, 3.8) is 0 Å². The number of nitro benzene ring substituents is 1. The minimum absolute atomic E-state index is 0.145. The van der Waals surface area contributed by atoms with Gasteiger partial charge >= 0.3 is 11.7 Å². The van der Waals surface area contributed by atoms with Gasteiger partial charge in [-0.05, 0) is 13.3 Å². The highest BCUT2D eigenvalue weighted by Crippen LogP contribution is 2.34. The van der Waals surface area contributed by atoms with Crippen molar-refractivity contribution in [1.82, 2.24) is 0 Å². The molecular weight excluding hydrogens is 283 g/mol. The molecule has 1 unspecified atom stereocenters. The first-order valence-electron chi connectivity index (χ1n) is 6.28. The zero-order chi connectivity index (χ0) is 16.2. The maximum absolute atomic E-state index is 13.9. The number of anilines is 1. The number of carbonyl (C=O) groups is 1. The summed E-state index contributed by atoms with van der Waals surface area (Å²) in [7, 11) is 1.21. The second-order valence-electron chi connectivity index (χ2n) is 4.77. The minimum atomic E-state index is -1.38. The summed E-state index contributed by atoms with van der Waals surface area (Å²) in [6.45, 7) is 3.22. The molecule has 8 heteroatoms. The highest BCUT2D eigenvalue weighted by atomic mass is 19.1. The van der Waals surface area contributed by atoms with Gasteiger partial charge in [0.05, 0.1) is 23.8 Å². The lowest BCUT2D eigenvalue weighted by molar-refractivity contribution is -0.385. The Balaban J connectivity index is 3.25. The van der Waals surface area contributed by atoms with E-state index in [1.807, 2.05) is 0 Å². The van der Waals surface area contributed by atoms with E-state index in [1.165, 1.54) is 14.0 Å². The molecule has 1 atom stereocenters. The van der Waals surface area contributed by atoms with Crippen molar-refractivity contribution in [2.45, 2.75) is 32.2 Å². The SMILES string of the molecule is CCCC(C)(Nc1cc(OC)c([N+](=O)[O-])cc1F)C(=O)O. The normalized spacial score (nSPS) is 13.3. The molecular formula is C13H17FN2O5. The van der Waals surface area contributed by atoms with E-state index in [-0.39, 0.29) is 17.9 Å². The Hall–Kier alpha value is -2.38. The second-order valence-corrected chi connectivity index (χ2v) is 4.77. The minimum Gasteiger partial charge on any atom is -0.490 e. The quantitative estimate of drug-likeness (QED) is 0.593. The first-order valence-corrected chi connectivity index (χ1v) is 6.28. The van der Waals surface area contributed by atoms with E-state index in [4.69, 9.17) is 4.74 Å². The summed E-state index contributed by atoms with van der Waals surface area (Å²) in [6.07, 6.45) is 0.836. The lowest BCUT2D eigenvalue weighted by atomic mass is 9.95. The van der Waals surface area contributed by atoms with Gasteiger partial charge in [-0.3, -0.25) is 10.1 Å². The van der Waals surface area contributed by atoms with Crippen LogP contribution >= 0.6 is 0 Å². The molecule has 0 aromatic heterocycles. The number of hydrogen-bond donors (Lipinski definition) is 2. The van der Waals surface area contributed by atoms with Crippen LogP contribution in [0.4, 0.5) is 15.8 Å². The van der Waals surface area contributed by atoms with Crippen LogP contribution < -0.4 is 10.1 Å². The number of aliphatic carboxylic acids is 1. The summed E-state index contributed by atoms with van der Waals surface area (Å²) in [5, 5.41) is 22.6. The molecule has 116 valence electrons. The molecule has 21 heavy (non-hydrogen) atoms. The average molecular weight is 300 g/mol. The van der Waals surface area contributed by atoms with Crippen LogP contribution in [0.5, 0.6) is 5.75 Å². The van der Waals surface area contributed by atoms with Crippen molar-refractivity contribution in [3.05, 3.63) is 28.1 Å². The van der Waals surface area contributed by atoms with Crippen LogP contribution in [0.15, 0.2) is 12.1 Å². The van der Waals surface area contributed by atoms with Crippen LogP contribution in [0.25, 0.3) is 0 Å². The molecule has 0 fully saturated rings. The molecule has 0 aliphatic carbocycles. The Bertz CT molecular complexity index is 564. The fourth-order valence-corrected chi connectivity index (χ4v) is 1.96. The van der Waals surface area contributed by atoms with Crippen molar-refractivity contribution < 1.29 is 24.0 Å². The third kappa shape index (κ3) is 3.59. The lowest BCUT2D eigenvalue weighted by Gasteiger charge is -2.27. The van der Waals surface area contributed by atoms with Gasteiger partial charge < -0.3 is 15.2 Å². The molecule has 0 spiro atoms. The number of nitrogens with one attached hydrogen (secondary N) is 1. The Kier molecular flexibility index (Phi) is 5.07. The van der Waals surface area contributed by atoms with Crippen LogP contribution in [0.3, 0.4) is 0 Å². The number of carboxylic acids is 1. The molecule has 1 rings (SSSR count).